The summed E-state index contributed by atoms with van der Waals surface area (Å²) in [6.07, 6.45) is 3.46. The van der Waals surface area contributed by atoms with Crippen molar-refractivity contribution in [2.45, 2.75) is 47.7 Å². The second-order valence-electron chi connectivity index (χ2n) is 7.56. The van der Waals surface area contributed by atoms with E-state index in [4.69, 9.17) is 4.52 Å². The van der Waals surface area contributed by atoms with Gasteiger partial charge in [0.1, 0.15) is 5.76 Å². The monoisotopic (exact) mass is 392 g/mol. The predicted octanol–water partition coefficient (Wildman–Crippen LogP) is 4.13. The van der Waals surface area contributed by atoms with Gasteiger partial charge < -0.3 is 9.42 Å². The minimum atomic E-state index is -0.0740. The van der Waals surface area contributed by atoms with Crippen LogP contribution in [-0.4, -0.2) is 32.8 Å². The molecule has 0 saturated carbocycles. The van der Waals surface area contributed by atoms with Gasteiger partial charge in [0, 0.05) is 29.9 Å². The van der Waals surface area contributed by atoms with Gasteiger partial charge in [0.15, 0.2) is 0 Å². The van der Waals surface area contributed by atoms with Crippen molar-refractivity contribution in [1.29, 1.82) is 0 Å². The summed E-state index contributed by atoms with van der Waals surface area (Å²) >= 11 is 0. The maximum absolute atomic E-state index is 12.6. The number of benzene rings is 1. The number of carbonyl (C=O) groups is 1. The molecule has 0 aliphatic carbocycles. The first-order valence-electron chi connectivity index (χ1n) is 9.70. The molecule has 0 bridgehead atoms. The zero-order chi connectivity index (χ0) is 21.1. The van der Waals surface area contributed by atoms with Crippen LogP contribution in [-0.2, 0) is 17.9 Å². The van der Waals surface area contributed by atoms with Gasteiger partial charge in [-0.25, -0.2) is 0 Å². The Kier molecular flexibility index (Phi) is 6.01. The zero-order valence-corrected chi connectivity index (χ0v) is 18.0. The standard InChI is InChI=1S/C23H28N4O2/c1-15-7-9-20(10-8-15)13-27-18(4)21(16(2)24-27)11-12-23(28)26(6)14-22-17(3)25-29-19(22)5/h7-12H,13-14H2,1-6H3/b12-11+. The lowest BCUT2D eigenvalue weighted by Gasteiger charge is -2.14. The lowest BCUT2D eigenvalue weighted by molar-refractivity contribution is -0.125. The maximum atomic E-state index is 12.6. The Morgan fingerprint density at radius 1 is 1.10 bits per heavy atom. The van der Waals surface area contributed by atoms with Crippen LogP contribution in [0.1, 0.15) is 45.1 Å². The summed E-state index contributed by atoms with van der Waals surface area (Å²) in [7, 11) is 1.78. The first-order valence-corrected chi connectivity index (χ1v) is 9.70. The van der Waals surface area contributed by atoms with Gasteiger partial charge in [-0.1, -0.05) is 35.0 Å². The number of likely N-dealkylation sites (N-methyl/N-ethyl adjacent to an activating group) is 1. The van der Waals surface area contributed by atoms with Crippen LogP contribution in [0.4, 0.5) is 0 Å². The summed E-state index contributed by atoms with van der Waals surface area (Å²) in [5.41, 5.74) is 7.14. The van der Waals surface area contributed by atoms with Crippen molar-refractivity contribution >= 4 is 12.0 Å². The lowest BCUT2D eigenvalue weighted by Crippen LogP contribution is -2.24. The molecule has 0 aliphatic heterocycles. The van der Waals surface area contributed by atoms with Crippen LogP contribution in [0.25, 0.3) is 6.08 Å². The topological polar surface area (TPSA) is 64.2 Å². The molecule has 3 aromatic rings. The molecule has 0 fully saturated rings. The number of aromatic nitrogens is 3. The van der Waals surface area contributed by atoms with E-state index in [9.17, 15) is 4.79 Å². The molecular weight excluding hydrogens is 364 g/mol. The fourth-order valence-electron chi connectivity index (χ4n) is 3.30. The third-order valence-electron chi connectivity index (χ3n) is 5.24. The van der Waals surface area contributed by atoms with Crippen molar-refractivity contribution in [1.82, 2.24) is 19.8 Å². The highest BCUT2D eigenvalue weighted by Crippen LogP contribution is 2.18. The van der Waals surface area contributed by atoms with Crippen molar-refractivity contribution in [2.24, 2.45) is 0 Å². The Labute approximate surface area is 171 Å². The molecule has 2 heterocycles. The van der Waals surface area contributed by atoms with Gasteiger partial charge in [-0.3, -0.25) is 9.48 Å². The summed E-state index contributed by atoms with van der Waals surface area (Å²) in [5, 5.41) is 8.60. The Balaban J connectivity index is 1.72. The van der Waals surface area contributed by atoms with E-state index in [0.717, 1.165) is 34.0 Å². The number of hydrogen-bond donors (Lipinski definition) is 0. The molecule has 0 aliphatic rings. The van der Waals surface area contributed by atoms with Gasteiger partial charge in [-0.2, -0.15) is 5.10 Å². The van der Waals surface area contributed by atoms with E-state index in [2.05, 4.69) is 41.4 Å². The molecule has 1 amide bonds. The molecule has 1 aromatic carbocycles. The van der Waals surface area contributed by atoms with E-state index in [1.807, 2.05) is 38.5 Å². The Morgan fingerprint density at radius 2 is 1.79 bits per heavy atom. The SMILES string of the molecule is Cc1ccc(Cn2nc(C)c(/C=C/C(=O)N(C)Cc3c(C)noc3C)c2C)cc1. The van der Waals surface area contributed by atoms with E-state index in [0.29, 0.717) is 13.1 Å². The normalized spacial score (nSPS) is 11.4. The number of aryl methyl sites for hydroxylation is 4. The van der Waals surface area contributed by atoms with Gasteiger partial charge in [0.05, 0.1) is 24.5 Å². The second kappa shape index (κ2) is 8.47. The average molecular weight is 393 g/mol. The molecule has 0 spiro atoms. The highest BCUT2D eigenvalue weighted by molar-refractivity contribution is 5.91. The molecule has 0 atom stereocenters. The van der Waals surface area contributed by atoms with Crippen LogP contribution in [0.5, 0.6) is 0 Å². The zero-order valence-electron chi connectivity index (χ0n) is 18.0. The highest BCUT2D eigenvalue weighted by Gasteiger charge is 2.15. The molecule has 6 heteroatoms. The van der Waals surface area contributed by atoms with Crippen LogP contribution >= 0.6 is 0 Å². The van der Waals surface area contributed by atoms with E-state index in [1.54, 1.807) is 18.0 Å². The molecule has 152 valence electrons. The molecule has 29 heavy (non-hydrogen) atoms. The van der Waals surface area contributed by atoms with Gasteiger partial charge in [-0.05, 0) is 46.3 Å². The third kappa shape index (κ3) is 4.65. The Morgan fingerprint density at radius 3 is 2.41 bits per heavy atom. The molecule has 0 N–H and O–H groups in total. The molecular formula is C23H28N4O2. The molecule has 6 nitrogen and oxygen atoms in total. The average Bonchev–Trinajstić information content (AvgIpc) is 3.14. The maximum Gasteiger partial charge on any atom is 0.246 e. The van der Waals surface area contributed by atoms with Gasteiger partial charge in [0.25, 0.3) is 0 Å². The van der Waals surface area contributed by atoms with Crippen LogP contribution in [0, 0.1) is 34.6 Å². The molecule has 0 unspecified atom stereocenters. The minimum absolute atomic E-state index is 0.0740. The molecule has 0 radical (unpaired) electrons. The summed E-state index contributed by atoms with van der Waals surface area (Å²) in [6, 6.07) is 8.45. The van der Waals surface area contributed by atoms with Crippen molar-refractivity contribution in [3.63, 3.8) is 0 Å². The summed E-state index contributed by atoms with van der Waals surface area (Å²) in [6.45, 7) is 11.0. The van der Waals surface area contributed by atoms with Crippen molar-refractivity contribution in [3.05, 3.63) is 75.4 Å². The van der Waals surface area contributed by atoms with Gasteiger partial charge in [-0.15, -0.1) is 0 Å². The van der Waals surface area contributed by atoms with E-state index in [1.165, 1.54) is 11.1 Å². The number of carbonyl (C=O) groups excluding carboxylic acids is 1. The van der Waals surface area contributed by atoms with Crippen LogP contribution in [0.15, 0.2) is 34.9 Å². The van der Waals surface area contributed by atoms with Gasteiger partial charge in [0.2, 0.25) is 5.91 Å². The third-order valence-corrected chi connectivity index (χ3v) is 5.24. The minimum Gasteiger partial charge on any atom is -0.361 e. The quantitative estimate of drug-likeness (QED) is 0.592. The van der Waals surface area contributed by atoms with E-state index < -0.39 is 0 Å². The smallest absolute Gasteiger partial charge is 0.246 e. The summed E-state index contributed by atoms with van der Waals surface area (Å²) < 4.78 is 7.16. The highest BCUT2D eigenvalue weighted by atomic mass is 16.5. The number of amides is 1. The fraction of sp³-hybridized carbons (Fsp3) is 0.348. The summed E-state index contributed by atoms with van der Waals surface area (Å²) in [5.74, 6) is 0.672. The Hall–Kier alpha value is -3.15. The predicted molar refractivity (Wildman–Crippen MR) is 113 cm³/mol. The van der Waals surface area contributed by atoms with Crippen LogP contribution in [0.3, 0.4) is 0 Å². The lowest BCUT2D eigenvalue weighted by atomic mass is 10.1. The van der Waals surface area contributed by atoms with Crippen molar-refractivity contribution in [2.75, 3.05) is 7.05 Å². The first-order chi connectivity index (χ1) is 13.8. The van der Waals surface area contributed by atoms with Crippen LogP contribution < -0.4 is 0 Å². The number of rotatable bonds is 6. The second-order valence-corrected chi connectivity index (χ2v) is 7.56. The molecule has 3 rings (SSSR count). The molecule has 0 saturated heterocycles. The van der Waals surface area contributed by atoms with E-state index in [-0.39, 0.29) is 5.91 Å². The number of nitrogens with zero attached hydrogens (tertiary/aromatic N) is 4. The largest absolute Gasteiger partial charge is 0.361 e. The number of hydrogen-bond acceptors (Lipinski definition) is 4. The van der Waals surface area contributed by atoms with Crippen LogP contribution in [0.2, 0.25) is 0 Å². The summed E-state index contributed by atoms with van der Waals surface area (Å²) in [4.78, 5) is 14.2. The van der Waals surface area contributed by atoms with Gasteiger partial charge >= 0.3 is 0 Å². The van der Waals surface area contributed by atoms with Crippen molar-refractivity contribution < 1.29 is 9.32 Å². The van der Waals surface area contributed by atoms with Crippen molar-refractivity contribution in [3.8, 4) is 0 Å². The molecule has 2 aromatic heterocycles. The Bertz CT molecular complexity index is 1020. The first kappa shape index (κ1) is 20.6. The fourth-order valence-corrected chi connectivity index (χ4v) is 3.30. The van der Waals surface area contributed by atoms with E-state index >= 15 is 0 Å².